The highest BCUT2D eigenvalue weighted by atomic mass is 16.5. The molecule has 0 aromatic heterocycles. The first-order valence-electron chi connectivity index (χ1n) is 6.42. The van der Waals surface area contributed by atoms with Crippen molar-refractivity contribution in [1.82, 2.24) is 10.2 Å². The van der Waals surface area contributed by atoms with Crippen LogP contribution in [0.3, 0.4) is 0 Å². The zero-order valence-corrected chi connectivity index (χ0v) is 11.0. The Morgan fingerprint density at radius 2 is 2.28 bits per heavy atom. The van der Waals surface area contributed by atoms with Crippen molar-refractivity contribution in [2.24, 2.45) is 0 Å². The van der Waals surface area contributed by atoms with Crippen molar-refractivity contribution in [3.63, 3.8) is 0 Å². The van der Waals surface area contributed by atoms with Crippen molar-refractivity contribution in [3.8, 4) is 0 Å². The van der Waals surface area contributed by atoms with Crippen molar-refractivity contribution in [1.29, 1.82) is 0 Å². The molecule has 2 N–H and O–H groups in total. The second-order valence-electron chi connectivity index (χ2n) is 4.51. The van der Waals surface area contributed by atoms with Crippen LogP contribution in [-0.2, 0) is 14.3 Å². The smallest absolute Gasteiger partial charge is 0.334 e. The number of morpholine rings is 1. The Labute approximate surface area is 107 Å². The highest BCUT2D eigenvalue weighted by molar-refractivity contribution is 5.81. The summed E-state index contributed by atoms with van der Waals surface area (Å²) in [6.07, 6.45) is 1.16. The first-order valence-corrected chi connectivity index (χ1v) is 6.42. The molecule has 2 atom stereocenters. The van der Waals surface area contributed by atoms with Gasteiger partial charge in [0.15, 0.2) is 6.10 Å². The molecule has 0 spiro atoms. The molecule has 0 aliphatic carbocycles. The molecule has 1 aliphatic rings. The van der Waals surface area contributed by atoms with Crippen LogP contribution in [0.25, 0.3) is 0 Å². The van der Waals surface area contributed by atoms with Crippen molar-refractivity contribution >= 4 is 11.9 Å². The number of nitrogens with zero attached hydrogens (tertiary/aromatic N) is 1. The van der Waals surface area contributed by atoms with E-state index in [2.05, 4.69) is 12.2 Å². The molecule has 6 heteroatoms. The summed E-state index contributed by atoms with van der Waals surface area (Å²) in [7, 11) is 0. The van der Waals surface area contributed by atoms with Gasteiger partial charge in [0.05, 0.1) is 12.6 Å². The predicted octanol–water partition coefficient (Wildman–Crippen LogP) is 0.0766. The molecule has 104 valence electrons. The fraction of sp³-hybridized carbons (Fsp3) is 0.833. The summed E-state index contributed by atoms with van der Waals surface area (Å²) in [5, 5.41) is 11.8. The minimum atomic E-state index is -0.974. The summed E-state index contributed by atoms with van der Waals surface area (Å²) in [4.78, 5) is 24.6. The molecule has 1 rings (SSSR count). The van der Waals surface area contributed by atoms with Crippen molar-refractivity contribution < 1.29 is 19.4 Å². The molecule has 0 bridgehead atoms. The lowest BCUT2D eigenvalue weighted by atomic mass is 10.2. The van der Waals surface area contributed by atoms with E-state index in [9.17, 15) is 9.59 Å². The van der Waals surface area contributed by atoms with Gasteiger partial charge < -0.3 is 15.2 Å². The second kappa shape index (κ2) is 7.33. The van der Waals surface area contributed by atoms with Gasteiger partial charge in [-0.15, -0.1) is 0 Å². The Kier molecular flexibility index (Phi) is 6.07. The monoisotopic (exact) mass is 258 g/mol. The van der Waals surface area contributed by atoms with Crippen LogP contribution in [0.1, 0.15) is 26.7 Å². The quantitative estimate of drug-likeness (QED) is 0.659. The Morgan fingerprint density at radius 1 is 1.56 bits per heavy atom. The Hall–Kier alpha value is -1.14. The van der Waals surface area contributed by atoms with Crippen molar-refractivity contribution in [2.45, 2.75) is 38.8 Å². The van der Waals surface area contributed by atoms with E-state index < -0.39 is 12.1 Å². The van der Waals surface area contributed by atoms with Crippen LogP contribution in [0.15, 0.2) is 0 Å². The number of carboxylic acids is 1. The van der Waals surface area contributed by atoms with Gasteiger partial charge in [0.25, 0.3) is 0 Å². The number of amides is 1. The van der Waals surface area contributed by atoms with Crippen LogP contribution in [0.4, 0.5) is 0 Å². The van der Waals surface area contributed by atoms with Gasteiger partial charge in [-0.2, -0.15) is 0 Å². The lowest BCUT2D eigenvalue weighted by Gasteiger charge is -2.34. The average Bonchev–Trinajstić information content (AvgIpc) is 2.38. The number of unbranched alkanes of at least 4 members (excludes halogenated alkanes) is 1. The second-order valence-corrected chi connectivity index (χ2v) is 4.51. The van der Waals surface area contributed by atoms with Crippen LogP contribution in [0, 0.1) is 0 Å². The third-order valence-electron chi connectivity index (χ3n) is 3.13. The van der Waals surface area contributed by atoms with Gasteiger partial charge in [0.2, 0.25) is 5.91 Å². The van der Waals surface area contributed by atoms with E-state index in [-0.39, 0.29) is 18.5 Å². The number of carboxylic acid groups (broad SMARTS) is 1. The summed E-state index contributed by atoms with van der Waals surface area (Å²) in [6, 6.07) is -0.312. The van der Waals surface area contributed by atoms with Gasteiger partial charge in [-0.3, -0.25) is 9.69 Å². The fourth-order valence-corrected chi connectivity index (χ4v) is 1.87. The minimum Gasteiger partial charge on any atom is -0.479 e. The summed E-state index contributed by atoms with van der Waals surface area (Å²) in [6.45, 7) is 5.74. The molecule has 1 amide bonds. The van der Waals surface area contributed by atoms with E-state index in [4.69, 9.17) is 9.84 Å². The Bertz CT molecular complexity index is 296. The maximum atomic E-state index is 11.9. The van der Waals surface area contributed by atoms with E-state index in [0.29, 0.717) is 19.7 Å². The van der Waals surface area contributed by atoms with E-state index in [1.807, 2.05) is 4.90 Å². The number of rotatable bonds is 6. The minimum absolute atomic E-state index is 0.0468. The molecule has 1 saturated heterocycles. The van der Waals surface area contributed by atoms with Crippen LogP contribution >= 0.6 is 0 Å². The maximum absolute atomic E-state index is 11.9. The highest BCUT2D eigenvalue weighted by Gasteiger charge is 2.31. The van der Waals surface area contributed by atoms with Crippen LogP contribution in [-0.4, -0.2) is 60.3 Å². The van der Waals surface area contributed by atoms with Gasteiger partial charge in [0.1, 0.15) is 0 Å². The van der Waals surface area contributed by atoms with Gasteiger partial charge >= 0.3 is 5.97 Å². The van der Waals surface area contributed by atoms with Gasteiger partial charge in [-0.05, 0) is 13.3 Å². The average molecular weight is 258 g/mol. The summed E-state index contributed by atoms with van der Waals surface area (Å²) in [5.74, 6) is -1.02. The van der Waals surface area contributed by atoms with E-state index in [1.54, 1.807) is 6.92 Å². The number of nitrogens with one attached hydrogen (secondary N) is 1. The molecular formula is C12H22N2O4. The van der Waals surface area contributed by atoms with E-state index >= 15 is 0 Å². The van der Waals surface area contributed by atoms with Crippen molar-refractivity contribution in [2.75, 3.05) is 26.2 Å². The summed E-state index contributed by atoms with van der Waals surface area (Å²) >= 11 is 0. The number of ether oxygens (including phenoxy) is 1. The number of carbonyl (C=O) groups is 2. The van der Waals surface area contributed by atoms with Gasteiger partial charge in [-0.25, -0.2) is 4.79 Å². The summed E-state index contributed by atoms with van der Waals surface area (Å²) in [5.41, 5.74) is 0. The number of hydrogen-bond acceptors (Lipinski definition) is 4. The third kappa shape index (κ3) is 4.27. The van der Waals surface area contributed by atoms with Crippen LogP contribution < -0.4 is 5.32 Å². The lowest BCUT2D eigenvalue weighted by Crippen LogP contribution is -2.54. The van der Waals surface area contributed by atoms with Gasteiger partial charge in [0, 0.05) is 19.6 Å². The zero-order chi connectivity index (χ0) is 13.5. The molecule has 0 aromatic carbocycles. The number of carbonyl (C=O) groups excluding carboxylic acids is 1. The first kappa shape index (κ1) is 14.9. The van der Waals surface area contributed by atoms with Crippen molar-refractivity contribution in [3.05, 3.63) is 0 Å². The van der Waals surface area contributed by atoms with Crippen LogP contribution in [0.5, 0.6) is 0 Å². The topological polar surface area (TPSA) is 78.9 Å². The molecular weight excluding hydrogens is 236 g/mol. The predicted molar refractivity (Wildman–Crippen MR) is 66.3 cm³/mol. The molecule has 1 fully saturated rings. The number of hydrogen-bond donors (Lipinski definition) is 2. The Morgan fingerprint density at radius 3 is 2.89 bits per heavy atom. The molecule has 6 nitrogen and oxygen atoms in total. The molecule has 1 aliphatic heterocycles. The fourth-order valence-electron chi connectivity index (χ4n) is 1.87. The van der Waals surface area contributed by atoms with Gasteiger partial charge in [-0.1, -0.05) is 13.3 Å². The molecule has 0 aromatic rings. The first-order chi connectivity index (χ1) is 8.56. The zero-order valence-electron chi connectivity index (χ0n) is 11.0. The van der Waals surface area contributed by atoms with E-state index in [0.717, 1.165) is 12.8 Å². The molecule has 18 heavy (non-hydrogen) atoms. The standard InChI is InChI=1S/C12H22N2O4/c1-3-4-5-13-11(15)9(2)14-6-7-18-10(8-14)12(16)17/h9-10H,3-8H2,1-2H3,(H,13,15)(H,16,17). The molecule has 0 radical (unpaired) electrons. The third-order valence-corrected chi connectivity index (χ3v) is 3.13. The number of aliphatic carboxylic acids is 1. The van der Waals surface area contributed by atoms with E-state index in [1.165, 1.54) is 0 Å². The normalized spacial score (nSPS) is 22.4. The molecule has 0 saturated carbocycles. The van der Waals surface area contributed by atoms with Crippen LogP contribution in [0.2, 0.25) is 0 Å². The highest BCUT2D eigenvalue weighted by Crippen LogP contribution is 2.09. The molecule has 2 unspecified atom stereocenters. The maximum Gasteiger partial charge on any atom is 0.334 e. The molecule has 1 heterocycles. The summed E-state index contributed by atoms with van der Waals surface area (Å²) < 4.78 is 5.13. The Balaban J connectivity index is 2.42. The largest absolute Gasteiger partial charge is 0.479 e. The SMILES string of the molecule is CCCCNC(=O)C(C)N1CCOC(C(=O)O)C1. The lowest BCUT2D eigenvalue weighted by molar-refractivity contribution is -0.158.